The van der Waals surface area contributed by atoms with E-state index in [1.54, 1.807) is 4.90 Å². The van der Waals surface area contributed by atoms with Crippen LogP contribution in [-0.2, 0) is 14.8 Å². The lowest BCUT2D eigenvalue weighted by atomic mass is 10.1. The summed E-state index contributed by atoms with van der Waals surface area (Å²) in [5.41, 5.74) is 2.69. The average molecular weight is 479 g/mol. The number of H-pyrrole nitrogens is 1. The fraction of sp³-hybridized carbons (Fsp3) is 0.333. The van der Waals surface area contributed by atoms with Crippen LogP contribution in [0, 0.1) is 6.92 Å². The molecule has 0 bridgehead atoms. The summed E-state index contributed by atoms with van der Waals surface area (Å²) in [6.45, 7) is 3.96. The van der Waals surface area contributed by atoms with Gasteiger partial charge in [-0.25, -0.2) is 13.2 Å². The Balaban J connectivity index is 1.41. The number of likely N-dealkylation sites (N-methyl/N-ethyl adjacent to an activating group) is 1. The third-order valence-electron chi connectivity index (χ3n) is 5.60. The van der Waals surface area contributed by atoms with Gasteiger partial charge in [-0.3, -0.25) is 9.78 Å². The van der Waals surface area contributed by atoms with Crippen molar-refractivity contribution in [3.63, 3.8) is 0 Å². The molecule has 1 N–H and O–H groups in total. The highest BCUT2D eigenvalue weighted by molar-refractivity contribution is 7.89. The van der Waals surface area contributed by atoms with Crippen LogP contribution in [0.1, 0.15) is 5.56 Å². The van der Waals surface area contributed by atoms with Crippen molar-refractivity contribution in [2.75, 3.05) is 44.7 Å². The van der Waals surface area contributed by atoms with E-state index >= 15 is 0 Å². The number of fused-ring (bicyclic) bond motifs is 1. The first-order valence-electron chi connectivity index (χ1n) is 10.0. The van der Waals surface area contributed by atoms with Crippen LogP contribution in [0.4, 0.5) is 5.69 Å². The maximum absolute atomic E-state index is 12.9. The number of benzene rings is 2. The quantitative estimate of drug-likeness (QED) is 0.601. The van der Waals surface area contributed by atoms with E-state index in [-0.39, 0.29) is 22.9 Å². The zero-order chi connectivity index (χ0) is 23.0. The van der Waals surface area contributed by atoms with Crippen LogP contribution in [-0.4, -0.2) is 68.3 Å². The topological polar surface area (TPSA) is 107 Å². The van der Waals surface area contributed by atoms with Gasteiger partial charge in [-0.05, 0) is 36.8 Å². The number of amides is 1. The van der Waals surface area contributed by atoms with Gasteiger partial charge in [-0.15, -0.1) is 0 Å². The average Bonchev–Trinajstić information content (AvgIpc) is 3.14. The van der Waals surface area contributed by atoms with Gasteiger partial charge in [0, 0.05) is 50.0 Å². The number of halogens is 1. The van der Waals surface area contributed by atoms with Crippen LogP contribution in [0.3, 0.4) is 0 Å². The molecule has 3 aromatic rings. The predicted octanol–water partition coefficient (Wildman–Crippen LogP) is 2.05. The minimum atomic E-state index is -3.93. The Kier molecular flexibility index (Phi) is 6.02. The van der Waals surface area contributed by atoms with Crippen molar-refractivity contribution < 1.29 is 17.6 Å². The van der Waals surface area contributed by atoms with Gasteiger partial charge in [0.15, 0.2) is 5.58 Å². The fourth-order valence-corrected chi connectivity index (χ4v) is 5.06. The molecule has 1 aromatic heterocycles. The van der Waals surface area contributed by atoms with Gasteiger partial charge < -0.3 is 14.2 Å². The second kappa shape index (κ2) is 8.61. The minimum absolute atomic E-state index is 0.0516. The minimum Gasteiger partial charge on any atom is -0.408 e. The summed E-state index contributed by atoms with van der Waals surface area (Å²) in [4.78, 5) is 30.3. The zero-order valence-corrected chi connectivity index (χ0v) is 19.2. The van der Waals surface area contributed by atoms with E-state index in [4.69, 9.17) is 16.0 Å². The Labute approximate surface area is 190 Å². The molecular formula is C21H23ClN4O5S. The van der Waals surface area contributed by atoms with Gasteiger partial charge in [0.25, 0.3) is 0 Å². The van der Waals surface area contributed by atoms with E-state index in [1.165, 1.54) is 25.2 Å². The monoisotopic (exact) mass is 478 g/mol. The third-order valence-corrected chi connectivity index (χ3v) is 7.64. The van der Waals surface area contributed by atoms with E-state index in [0.717, 1.165) is 15.6 Å². The molecule has 0 radical (unpaired) electrons. The van der Waals surface area contributed by atoms with Crippen LogP contribution in [0.15, 0.2) is 50.5 Å². The van der Waals surface area contributed by atoms with Gasteiger partial charge in [0.2, 0.25) is 15.9 Å². The number of aromatic amines is 1. The van der Waals surface area contributed by atoms with E-state index < -0.39 is 15.8 Å². The molecule has 2 heterocycles. The summed E-state index contributed by atoms with van der Waals surface area (Å²) in [5, 5.41) is 0.660. The van der Waals surface area contributed by atoms with Gasteiger partial charge >= 0.3 is 5.76 Å². The van der Waals surface area contributed by atoms with E-state index in [1.807, 2.05) is 25.1 Å². The Morgan fingerprint density at radius 3 is 2.59 bits per heavy atom. The maximum atomic E-state index is 12.9. The van der Waals surface area contributed by atoms with Gasteiger partial charge in [0.1, 0.15) is 0 Å². The molecule has 0 saturated carbocycles. The molecule has 1 amide bonds. The first-order valence-corrected chi connectivity index (χ1v) is 11.8. The SMILES string of the molecule is Cc1ccc(Cl)cc1N1CCN(C(=O)CN(C)S(=O)(=O)c2ccc3[nH]c(=O)oc3c2)CC1. The number of piperazine rings is 1. The number of sulfonamides is 1. The molecule has 1 aliphatic rings. The Morgan fingerprint density at radius 1 is 1.16 bits per heavy atom. The van der Waals surface area contributed by atoms with Crippen molar-refractivity contribution in [3.05, 3.63) is 57.5 Å². The number of nitrogens with zero attached hydrogens (tertiary/aromatic N) is 3. The molecule has 0 spiro atoms. The second-order valence-electron chi connectivity index (χ2n) is 7.73. The number of hydrogen-bond acceptors (Lipinski definition) is 6. The van der Waals surface area contributed by atoms with Crippen LogP contribution < -0.4 is 10.7 Å². The molecule has 0 atom stereocenters. The highest BCUT2D eigenvalue weighted by Gasteiger charge is 2.28. The zero-order valence-electron chi connectivity index (χ0n) is 17.7. The van der Waals surface area contributed by atoms with E-state index in [9.17, 15) is 18.0 Å². The number of oxazole rings is 1. The number of anilines is 1. The molecule has 1 saturated heterocycles. The van der Waals surface area contributed by atoms with E-state index in [2.05, 4.69) is 9.88 Å². The number of aromatic nitrogens is 1. The lowest BCUT2D eigenvalue weighted by Crippen LogP contribution is -2.51. The number of nitrogens with one attached hydrogen (secondary N) is 1. The summed E-state index contributed by atoms with van der Waals surface area (Å²) in [7, 11) is -2.58. The van der Waals surface area contributed by atoms with Crippen molar-refractivity contribution in [1.29, 1.82) is 0 Å². The Morgan fingerprint density at radius 2 is 1.88 bits per heavy atom. The number of rotatable bonds is 5. The lowest BCUT2D eigenvalue weighted by Gasteiger charge is -2.37. The molecule has 1 fully saturated rings. The van der Waals surface area contributed by atoms with Crippen molar-refractivity contribution >= 4 is 44.3 Å². The summed E-state index contributed by atoms with van der Waals surface area (Å²) >= 11 is 6.12. The molecule has 9 nitrogen and oxygen atoms in total. The molecule has 11 heteroatoms. The van der Waals surface area contributed by atoms with Gasteiger partial charge in [-0.2, -0.15) is 4.31 Å². The predicted molar refractivity (Wildman–Crippen MR) is 122 cm³/mol. The highest BCUT2D eigenvalue weighted by Crippen LogP contribution is 2.25. The Bertz CT molecular complexity index is 1330. The summed E-state index contributed by atoms with van der Waals surface area (Å²) in [6.07, 6.45) is 0. The van der Waals surface area contributed by atoms with Crippen molar-refractivity contribution in [2.24, 2.45) is 0 Å². The van der Waals surface area contributed by atoms with Crippen LogP contribution in [0.5, 0.6) is 0 Å². The third kappa shape index (κ3) is 4.38. The molecular weight excluding hydrogens is 456 g/mol. The van der Waals surface area contributed by atoms with Gasteiger partial charge in [0.05, 0.1) is 17.0 Å². The highest BCUT2D eigenvalue weighted by atomic mass is 35.5. The summed E-state index contributed by atoms with van der Waals surface area (Å²) in [6, 6.07) is 9.83. The van der Waals surface area contributed by atoms with E-state index in [0.29, 0.717) is 36.7 Å². The molecule has 170 valence electrons. The van der Waals surface area contributed by atoms with Crippen molar-refractivity contribution in [2.45, 2.75) is 11.8 Å². The summed E-state index contributed by atoms with van der Waals surface area (Å²) in [5.74, 6) is -0.932. The standard InChI is InChI=1S/C21H23ClN4O5S/c1-14-3-4-15(22)11-18(14)25-7-9-26(10-8-25)20(27)13-24(2)32(29,30)16-5-6-17-19(12-16)31-21(28)23-17/h3-6,11-12H,7-10,13H2,1-2H3,(H,23,28). The largest absolute Gasteiger partial charge is 0.417 e. The van der Waals surface area contributed by atoms with Crippen LogP contribution in [0.2, 0.25) is 5.02 Å². The number of carbonyl (C=O) groups excluding carboxylic acids is 1. The summed E-state index contributed by atoms with van der Waals surface area (Å²) < 4.78 is 31.8. The maximum Gasteiger partial charge on any atom is 0.417 e. The normalized spacial score (nSPS) is 15.0. The lowest BCUT2D eigenvalue weighted by molar-refractivity contribution is -0.131. The molecule has 32 heavy (non-hydrogen) atoms. The van der Waals surface area contributed by atoms with Crippen LogP contribution in [0.25, 0.3) is 11.1 Å². The van der Waals surface area contributed by atoms with Crippen molar-refractivity contribution in [1.82, 2.24) is 14.2 Å². The molecule has 2 aromatic carbocycles. The Hall–Kier alpha value is -2.82. The second-order valence-corrected chi connectivity index (χ2v) is 10.2. The molecule has 4 rings (SSSR count). The number of carbonyl (C=O) groups is 1. The number of hydrogen-bond donors (Lipinski definition) is 1. The smallest absolute Gasteiger partial charge is 0.408 e. The first-order chi connectivity index (χ1) is 15.1. The number of aryl methyl sites for hydroxylation is 1. The fourth-order valence-electron chi connectivity index (χ4n) is 3.76. The molecule has 0 unspecified atom stereocenters. The van der Waals surface area contributed by atoms with Crippen LogP contribution >= 0.6 is 11.6 Å². The first kappa shape index (κ1) is 22.4. The van der Waals surface area contributed by atoms with Crippen molar-refractivity contribution in [3.8, 4) is 0 Å². The molecule has 1 aliphatic heterocycles. The molecule has 0 aliphatic carbocycles. The van der Waals surface area contributed by atoms with Gasteiger partial charge in [-0.1, -0.05) is 17.7 Å².